The van der Waals surface area contributed by atoms with E-state index in [1.807, 2.05) is 0 Å². The molecule has 0 aliphatic heterocycles. The second-order valence-corrected chi connectivity index (χ2v) is 17.7. The third kappa shape index (κ3) is 2.72. The first-order valence-corrected chi connectivity index (χ1v) is 9.93. The minimum Gasteiger partial charge on any atom is -0.110 e. The Morgan fingerprint density at radius 2 is 1.11 bits per heavy atom. The van der Waals surface area contributed by atoms with E-state index in [4.69, 9.17) is 0 Å². The van der Waals surface area contributed by atoms with E-state index >= 15 is 0 Å². The maximum absolute atomic E-state index is 3.77. The fourth-order valence-electron chi connectivity index (χ4n) is 0.667. The van der Waals surface area contributed by atoms with Crippen LogP contribution >= 0.6 is 30.6 Å². The summed E-state index contributed by atoms with van der Waals surface area (Å²) in [4.78, 5) is 0. The third-order valence-electron chi connectivity index (χ3n) is 1.54. The van der Waals surface area contributed by atoms with Gasteiger partial charge in [-0.05, 0) is 11.1 Å². The van der Waals surface area contributed by atoms with Crippen LogP contribution in [-0.4, -0.2) is 5.31 Å². The van der Waals surface area contributed by atoms with Crippen molar-refractivity contribution in [2.45, 2.75) is 38.8 Å². The highest BCUT2D eigenvalue weighted by molar-refractivity contribution is 9.51. The lowest BCUT2D eigenvalue weighted by Crippen LogP contribution is -2.25. The minimum absolute atomic E-state index is 0.762. The molecule has 0 aromatic carbocycles. The lowest BCUT2D eigenvalue weighted by molar-refractivity contribution is 0.959. The molecular formula is C6H14Br2Si. The average molecular weight is 274 g/mol. The highest BCUT2D eigenvalue weighted by Gasteiger charge is 2.34. The van der Waals surface area contributed by atoms with Crippen LogP contribution in [0.1, 0.15) is 27.7 Å². The van der Waals surface area contributed by atoms with Crippen LogP contribution in [0.25, 0.3) is 0 Å². The molecule has 0 bridgehead atoms. The average Bonchev–Trinajstić information content (AvgIpc) is 1.65. The van der Waals surface area contributed by atoms with Gasteiger partial charge in [-0.25, -0.2) is 0 Å². The maximum Gasteiger partial charge on any atom is 0.206 e. The van der Waals surface area contributed by atoms with Crippen LogP contribution in [0, 0.1) is 0 Å². The van der Waals surface area contributed by atoms with Crippen molar-refractivity contribution in [3.63, 3.8) is 0 Å². The minimum atomic E-state index is -1.23. The Morgan fingerprint density at radius 3 is 1.11 bits per heavy atom. The van der Waals surface area contributed by atoms with Crippen LogP contribution < -0.4 is 0 Å². The molecule has 0 N–H and O–H groups in total. The van der Waals surface area contributed by atoms with E-state index in [9.17, 15) is 0 Å². The van der Waals surface area contributed by atoms with Crippen LogP contribution in [0.3, 0.4) is 0 Å². The molecule has 0 atom stereocenters. The summed E-state index contributed by atoms with van der Waals surface area (Å²) in [6, 6.07) is 0. The molecule has 0 aromatic heterocycles. The van der Waals surface area contributed by atoms with E-state index in [2.05, 4.69) is 58.3 Å². The molecule has 0 radical (unpaired) electrons. The molecule has 9 heavy (non-hydrogen) atoms. The summed E-state index contributed by atoms with van der Waals surface area (Å²) in [6.07, 6.45) is 0. The number of rotatable bonds is 2. The normalized spacial score (nSPS) is 13.3. The van der Waals surface area contributed by atoms with Crippen molar-refractivity contribution in [3.05, 3.63) is 0 Å². The number of hydrogen-bond donors (Lipinski definition) is 0. The molecule has 0 unspecified atom stereocenters. The highest BCUT2D eigenvalue weighted by Crippen LogP contribution is 2.42. The molecule has 0 saturated heterocycles. The molecule has 0 nitrogen and oxygen atoms in total. The first kappa shape index (κ1) is 10.2. The van der Waals surface area contributed by atoms with Gasteiger partial charge in [0, 0.05) is 0 Å². The SMILES string of the molecule is CC(C)[Si](Br)(Br)C(C)C. The fraction of sp³-hybridized carbons (Fsp3) is 1.00. The van der Waals surface area contributed by atoms with E-state index in [1.54, 1.807) is 0 Å². The van der Waals surface area contributed by atoms with Crippen molar-refractivity contribution < 1.29 is 0 Å². The van der Waals surface area contributed by atoms with Crippen molar-refractivity contribution in [2.75, 3.05) is 0 Å². The largest absolute Gasteiger partial charge is 0.206 e. The molecule has 0 aromatic rings. The van der Waals surface area contributed by atoms with Crippen LogP contribution in [0.5, 0.6) is 0 Å². The predicted molar refractivity (Wildman–Crippen MR) is 53.8 cm³/mol. The Kier molecular flexibility index (Phi) is 4.00. The van der Waals surface area contributed by atoms with Gasteiger partial charge in [-0.1, -0.05) is 27.7 Å². The summed E-state index contributed by atoms with van der Waals surface area (Å²) in [5.41, 5.74) is 1.52. The van der Waals surface area contributed by atoms with Crippen molar-refractivity contribution in [2.24, 2.45) is 0 Å². The molecular weight excluding hydrogens is 260 g/mol. The molecule has 0 heterocycles. The Labute approximate surface area is 74.6 Å². The van der Waals surface area contributed by atoms with Crippen molar-refractivity contribution in [1.82, 2.24) is 0 Å². The molecule has 0 saturated carbocycles. The molecule has 0 aliphatic rings. The molecule has 0 rings (SSSR count). The Morgan fingerprint density at radius 1 is 0.889 bits per heavy atom. The van der Waals surface area contributed by atoms with Crippen LogP contribution in [-0.2, 0) is 0 Å². The van der Waals surface area contributed by atoms with Gasteiger partial charge in [0.2, 0.25) is 5.31 Å². The lowest BCUT2D eigenvalue weighted by atomic mass is 10.5. The van der Waals surface area contributed by atoms with Gasteiger partial charge < -0.3 is 0 Å². The third-order valence-corrected chi connectivity index (χ3v) is 15.6. The second kappa shape index (κ2) is 3.53. The molecule has 3 heteroatoms. The fourth-order valence-corrected chi connectivity index (χ4v) is 2.00. The molecule has 0 amide bonds. The van der Waals surface area contributed by atoms with Gasteiger partial charge in [0.1, 0.15) is 0 Å². The van der Waals surface area contributed by atoms with E-state index in [0.717, 1.165) is 11.1 Å². The van der Waals surface area contributed by atoms with Crippen LogP contribution in [0.2, 0.25) is 11.1 Å². The number of hydrogen-bond acceptors (Lipinski definition) is 0. The first-order chi connectivity index (χ1) is 3.89. The molecule has 0 aliphatic carbocycles. The summed E-state index contributed by atoms with van der Waals surface area (Å²) in [5, 5.41) is -1.23. The van der Waals surface area contributed by atoms with E-state index < -0.39 is 5.31 Å². The van der Waals surface area contributed by atoms with Gasteiger partial charge >= 0.3 is 0 Å². The zero-order valence-corrected chi connectivity index (χ0v) is 10.6. The van der Waals surface area contributed by atoms with Gasteiger partial charge in [-0.3, -0.25) is 0 Å². The van der Waals surface area contributed by atoms with Crippen LogP contribution in [0.15, 0.2) is 0 Å². The van der Waals surface area contributed by atoms with Crippen molar-refractivity contribution >= 4 is 35.9 Å². The van der Waals surface area contributed by atoms with Gasteiger partial charge in [-0.2, -0.15) is 0 Å². The Hall–Kier alpha value is 1.18. The monoisotopic (exact) mass is 272 g/mol. The lowest BCUT2D eigenvalue weighted by Gasteiger charge is -2.25. The molecule has 0 fully saturated rings. The van der Waals surface area contributed by atoms with Gasteiger partial charge in [0.15, 0.2) is 0 Å². The van der Waals surface area contributed by atoms with Crippen molar-refractivity contribution in [3.8, 4) is 0 Å². The zero-order valence-electron chi connectivity index (χ0n) is 6.41. The van der Waals surface area contributed by atoms with E-state index in [1.165, 1.54) is 0 Å². The second-order valence-electron chi connectivity index (χ2n) is 2.98. The maximum atomic E-state index is 3.77. The summed E-state index contributed by atoms with van der Waals surface area (Å²) in [7, 11) is 0. The highest BCUT2D eigenvalue weighted by atomic mass is 79.9. The molecule has 0 spiro atoms. The topological polar surface area (TPSA) is 0 Å². The Bertz CT molecular complexity index is 79.1. The quantitative estimate of drug-likeness (QED) is 0.526. The first-order valence-electron chi connectivity index (χ1n) is 3.26. The summed E-state index contributed by atoms with van der Waals surface area (Å²) in [6.45, 7) is 9.04. The standard InChI is InChI=1S/C6H14Br2Si/c1-5(2)9(7,8)6(3)4/h5-6H,1-4H3. The Balaban J connectivity index is 4.01. The number of halogens is 2. The smallest absolute Gasteiger partial charge is 0.110 e. The predicted octanol–water partition coefficient (Wildman–Crippen LogP) is 4.04. The summed E-state index contributed by atoms with van der Waals surface area (Å²) >= 11 is 7.53. The molecule has 56 valence electrons. The van der Waals surface area contributed by atoms with Crippen LogP contribution in [0.4, 0.5) is 0 Å². The van der Waals surface area contributed by atoms with E-state index in [-0.39, 0.29) is 0 Å². The van der Waals surface area contributed by atoms with Gasteiger partial charge in [0.05, 0.1) is 0 Å². The van der Waals surface area contributed by atoms with Crippen molar-refractivity contribution in [1.29, 1.82) is 0 Å². The summed E-state index contributed by atoms with van der Waals surface area (Å²) in [5.74, 6) is 0. The summed E-state index contributed by atoms with van der Waals surface area (Å²) < 4.78 is 0. The van der Waals surface area contributed by atoms with Gasteiger partial charge in [-0.15, -0.1) is 30.6 Å². The zero-order chi connectivity index (χ0) is 7.65. The van der Waals surface area contributed by atoms with E-state index in [0.29, 0.717) is 0 Å². The van der Waals surface area contributed by atoms with Gasteiger partial charge in [0.25, 0.3) is 0 Å².